The van der Waals surface area contributed by atoms with Crippen LogP contribution in [-0.4, -0.2) is 35.6 Å². The van der Waals surface area contributed by atoms with Crippen molar-refractivity contribution < 1.29 is 32.3 Å². The zero-order chi connectivity index (χ0) is 29.9. The van der Waals surface area contributed by atoms with Crippen LogP contribution < -0.4 is 4.90 Å². The van der Waals surface area contributed by atoms with Crippen LogP contribution in [0, 0.1) is 24.4 Å². The quantitative estimate of drug-likeness (QED) is 0.153. The molecule has 2 heterocycles. The molecule has 206 valence electrons. The van der Waals surface area contributed by atoms with Gasteiger partial charge in [-0.2, -0.15) is 0 Å². The molecule has 0 fully saturated rings. The molecule has 0 bridgehead atoms. The van der Waals surface area contributed by atoms with Crippen LogP contribution in [-0.2, 0) is 0 Å². The lowest BCUT2D eigenvalue weighted by molar-refractivity contribution is 0.0692. The smallest absolute Gasteiger partial charge is 0.267 e. The highest BCUT2D eigenvalue weighted by atomic mass is 35.5. The monoisotopic (exact) mass is 688 g/mol. The lowest BCUT2D eigenvalue weighted by atomic mass is 9.96. The number of rotatable bonds is 2. The van der Waals surface area contributed by atoms with Crippen molar-refractivity contribution in [3.63, 3.8) is 0 Å². The largest absolute Gasteiger partial charge is 0.277 e. The van der Waals surface area contributed by atoms with Gasteiger partial charge >= 0.3 is 0 Å². The Morgan fingerprint density at radius 1 is 0.475 bits per heavy atom. The van der Waals surface area contributed by atoms with Crippen molar-refractivity contribution in [2.24, 2.45) is 0 Å². The van der Waals surface area contributed by atoms with E-state index in [4.69, 9.17) is 81.2 Å². The number of amides is 4. The van der Waals surface area contributed by atoms with Gasteiger partial charge in [-0.1, -0.05) is 81.2 Å². The zero-order valence-corrected chi connectivity index (χ0v) is 24.6. The predicted molar refractivity (Wildman–Crippen MR) is 146 cm³/mol. The van der Waals surface area contributed by atoms with E-state index in [-0.39, 0.29) is 27.2 Å². The lowest BCUT2D eigenvalue weighted by Gasteiger charge is -2.18. The molecule has 4 amide bonds. The average Bonchev–Trinajstić information content (AvgIpc) is 3.30. The molecule has 0 atom stereocenters. The fraction of sp³-hybridized carbons (Fsp3) is 0.0833. The van der Waals surface area contributed by atoms with E-state index in [0.29, 0.717) is 0 Å². The fourth-order valence-corrected chi connectivity index (χ4v) is 6.60. The molecule has 0 aliphatic carbocycles. The van der Waals surface area contributed by atoms with Gasteiger partial charge in [0.25, 0.3) is 23.6 Å². The highest BCUT2D eigenvalue weighted by Gasteiger charge is 2.47. The number of benzene rings is 3. The normalized spacial score (nSPS) is 14.6. The molecule has 2 aliphatic heterocycles. The van der Waals surface area contributed by atoms with E-state index in [2.05, 4.69) is 0 Å². The minimum atomic E-state index is -1.74. The summed E-state index contributed by atoms with van der Waals surface area (Å²) in [4.78, 5) is 52.9. The summed E-state index contributed by atoms with van der Waals surface area (Å²) in [7, 11) is 1.18. The van der Waals surface area contributed by atoms with Crippen LogP contribution >= 0.6 is 81.2 Å². The van der Waals surface area contributed by atoms with Gasteiger partial charge in [0.1, 0.15) is 10.7 Å². The van der Waals surface area contributed by atoms with E-state index < -0.39 is 98.6 Å². The molecule has 0 saturated heterocycles. The summed E-state index contributed by atoms with van der Waals surface area (Å²) in [5.74, 6) is -9.12. The van der Waals surface area contributed by atoms with Gasteiger partial charge in [-0.25, -0.2) is 18.1 Å². The van der Waals surface area contributed by atoms with Crippen molar-refractivity contribution in [3.05, 3.63) is 80.4 Å². The maximum Gasteiger partial charge on any atom is 0.267 e. The van der Waals surface area contributed by atoms with Crippen LogP contribution in [0.1, 0.15) is 47.0 Å². The third-order valence-electron chi connectivity index (χ3n) is 6.45. The number of carbonyl (C=O) groups excluding carboxylic acids is 4. The average molecular weight is 691 g/mol. The van der Waals surface area contributed by atoms with Crippen LogP contribution in [0.5, 0.6) is 0 Å². The summed E-state index contributed by atoms with van der Waals surface area (Å²) in [5.41, 5.74) is -4.69. The van der Waals surface area contributed by atoms with Crippen molar-refractivity contribution in [1.29, 1.82) is 0 Å². The number of carbonyl (C=O) groups is 4. The second-order valence-electron chi connectivity index (χ2n) is 8.48. The molecule has 2 aliphatic rings. The molecule has 3 aromatic carbocycles. The first kappa shape index (κ1) is 29.3. The molecule has 6 nitrogen and oxygen atoms in total. The minimum absolute atomic E-state index is 0.0432. The first-order chi connectivity index (χ1) is 18.6. The molecule has 3 aromatic rings. The highest BCUT2D eigenvalue weighted by molar-refractivity contribution is 6.56. The predicted octanol–water partition coefficient (Wildman–Crippen LogP) is 8.68. The van der Waals surface area contributed by atoms with E-state index in [1.165, 1.54) is 7.05 Å². The Kier molecular flexibility index (Phi) is 7.07. The molecular weight excluding hydrogens is 685 g/mol. The Labute approximate surface area is 257 Å². The maximum absolute atomic E-state index is 15.0. The molecule has 0 aromatic heterocycles. The zero-order valence-electron chi connectivity index (χ0n) is 19.3. The number of hydrogen-bond donors (Lipinski definition) is 0. The standard InChI is InChI=1S/C24H6Cl7F3N2O4/c1-3-17(32)16(31)19(34)20(18(3)33)36-23(39)7-9(24(36)40)15(30)13(28)5(11(7)26)4-10(25)6-8(14(29)12(4)27)22(38)35(2)21(6)37/h1-2H3. The molecule has 16 heteroatoms. The molecule has 5 rings (SSSR count). The van der Waals surface area contributed by atoms with Gasteiger partial charge in [-0.3, -0.25) is 24.1 Å². The Bertz CT molecular complexity index is 1800. The van der Waals surface area contributed by atoms with Crippen LogP contribution in [0.4, 0.5) is 18.9 Å². The van der Waals surface area contributed by atoms with Gasteiger partial charge in [0.2, 0.25) is 0 Å². The van der Waals surface area contributed by atoms with E-state index in [9.17, 15) is 28.0 Å². The van der Waals surface area contributed by atoms with Crippen molar-refractivity contribution in [1.82, 2.24) is 4.90 Å². The van der Waals surface area contributed by atoms with Crippen LogP contribution in [0.25, 0.3) is 11.1 Å². The number of hydrogen-bond acceptors (Lipinski definition) is 4. The summed E-state index contributed by atoms with van der Waals surface area (Å²) >= 11 is 44.3. The summed E-state index contributed by atoms with van der Waals surface area (Å²) in [5, 5.41) is -4.13. The topological polar surface area (TPSA) is 74.8 Å². The van der Waals surface area contributed by atoms with Gasteiger partial charge in [0.05, 0.1) is 52.4 Å². The molecule has 0 spiro atoms. The molecule has 40 heavy (non-hydrogen) atoms. The fourth-order valence-electron chi connectivity index (χ4n) is 4.44. The Balaban J connectivity index is 1.83. The maximum atomic E-state index is 15.0. The molecule has 0 N–H and O–H groups in total. The van der Waals surface area contributed by atoms with E-state index >= 15 is 4.39 Å². The van der Waals surface area contributed by atoms with Crippen LogP contribution in [0.3, 0.4) is 0 Å². The highest BCUT2D eigenvalue weighted by Crippen LogP contribution is 2.54. The number of halogens is 10. The van der Waals surface area contributed by atoms with Gasteiger partial charge in [-0.15, -0.1) is 0 Å². The molecule has 0 saturated carbocycles. The van der Waals surface area contributed by atoms with Gasteiger partial charge in [0, 0.05) is 23.7 Å². The first-order valence-electron chi connectivity index (χ1n) is 10.5. The summed E-state index contributed by atoms with van der Waals surface area (Å²) in [6.07, 6.45) is 0. The van der Waals surface area contributed by atoms with Crippen molar-refractivity contribution >= 4 is 111 Å². The molecule has 0 radical (unpaired) electrons. The van der Waals surface area contributed by atoms with E-state index in [1.54, 1.807) is 0 Å². The molecular formula is C24H6Cl7F3N2O4. The number of imide groups is 2. The Morgan fingerprint density at radius 3 is 1.27 bits per heavy atom. The minimum Gasteiger partial charge on any atom is -0.277 e. The van der Waals surface area contributed by atoms with E-state index in [1.807, 2.05) is 0 Å². The van der Waals surface area contributed by atoms with Crippen molar-refractivity contribution in [2.75, 3.05) is 11.9 Å². The first-order valence-corrected chi connectivity index (χ1v) is 13.2. The second-order valence-corrected chi connectivity index (χ2v) is 11.1. The van der Waals surface area contributed by atoms with Gasteiger partial charge in [0.15, 0.2) is 17.5 Å². The van der Waals surface area contributed by atoms with Gasteiger partial charge in [-0.05, 0) is 6.92 Å². The summed E-state index contributed by atoms with van der Waals surface area (Å²) in [6.45, 7) is 0.914. The lowest BCUT2D eigenvalue weighted by Crippen LogP contribution is -2.32. The van der Waals surface area contributed by atoms with Crippen LogP contribution in [0.15, 0.2) is 0 Å². The van der Waals surface area contributed by atoms with E-state index in [0.717, 1.165) is 11.8 Å². The second kappa shape index (κ2) is 9.66. The number of fused-ring (bicyclic) bond motifs is 2. The molecule has 0 unspecified atom stereocenters. The summed E-state index contributed by atoms with van der Waals surface area (Å²) in [6, 6.07) is 0. The van der Waals surface area contributed by atoms with Gasteiger partial charge < -0.3 is 0 Å². The third kappa shape index (κ3) is 3.59. The van der Waals surface area contributed by atoms with Crippen LogP contribution in [0.2, 0.25) is 35.2 Å². The Morgan fingerprint density at radius 2 is 0.825 bits per heavy atom. The van der Waals surface area contributed by atoms with Crippen molar-refractivity contribution in [2.45, 2.75) is 6.92 Å². The van der Waals surface area contributed by atoms with Crippen molar-refractivity contribution in [3.8, 4) is 11.1 Å². The summed E-state index contributed by atoms with van der Waals surface area (Å²) < 4.78 is 44.1. The number of nitrogens with zero attached hydrogens (tertiary/aromatic N) is 2. The number of anilines is 1. The SMILES string of the molecule is Cc1c(F)c(Cl)c(F)c(N2C(=O)c3c(Cl)c(Cl)c(-c4c(Cl)c(Cl)c5c(c4Cl)C(=O)N(C)C5=O)c(Cl)c3C2=O)c1F. The third-order valence-corrected chi connectivity index (χ3v) is 9.24. The Hall–Kier alpha value is -2.24.